The SMILES string of the molecule is CNc1ncccc1CNc1nc(-c2ccc(OC)c(OC)c2)cc2ncn(C)c(=O)c12. The Bertz CT molecular complexity index is 1340. The Morgan fingerprint density at radius 3 is 2.59 bits per heavy atom. The molecule has 4 aromatic rings. The number of hydrogen-bond donors (Lipinski definition) is 2. The van der Waals surface area contributed by atoms with E-state index >= 15 is 0 Å². The third kappa shape index (κ3) is 3.92. The lowest BCUT2D eigenvalue weighted by atomic mass is 10.1. The summed E-state index contributed by atoms with van der Waals surface area (Å²) in [6.45, 7) is 0.430. The van der Waals surface area contributed by atoms with E-state index in [-0.39, 0.29) is 5.56 Å². The van der Waals surface area contributed by atoms with Crippen LogP contribution in [0.25, 0.3) is 22.2 Å². The number of benzene rings is 1. The van der Waals surface area contributed by atoms with Gasteiger partial charge >= 0.3 is 0 Å². The fraction of sp³-hybridized carbons (Fsp3) is 0.217. The Morgan fingerprint density at radius 1 is 1.03 bits per heavy atom. The fourth-order valence-electron chi connectivity index (χ4n) is 3.48. The van der Waals surface area contributed by atoms with Crippen LogP contribution >= 0.6 is 0 Å². The van der Waals surface area contributed by atoms with Crippen molar-refractivity contribution in [3.8, 4) is 22.8 Å². The van der Waals surface area contributed by atoms with Crippen LogP contribution in [0, 0.1) is 0 Å². The highest BCUT2D eigenvalue weighted by Gasteiger charge is 2.15. The van der Waals surface area contributed by atoms with Gasteiger partial charge in [0.2, 0.25) is 0 Å². The minimum Gasteiger partial charge on any atom is -0.493 e. The molecule has 164 valence electrons. The molecule has 9 heteroatoms. The van der Waals surface area contributed by atoms with Gasteiger partial charge in [-0.05, 0) is 30.3 Å². The lowest BCUT2D eigenvalue weighted by Gasteiger charge is -2.14. The van der Waals surface area contributed by atoms with Gasteiger partial charge in [0.1, 0.15) is 17.0 Å². The van der Waals surface area contributed by atoms with Gasteiger partial charge in [-0.1, -0.05) is 6.07 Å². The fourth-order valence-corrected chi connectivity index (χ4v) is 3.48. The number of anilines is 2. The zero-order valence-electron chi connectivity index (χ0n) is 18.3. The van der Waals surface area contributed by atoms with E-state index in [9.17, 15) is 4.79 Å². The molecule has 0 radical (unpaired) electrons. The number of aryl methyl sites for hydroxylation is 1. The summed E-state index contributed by atoms with van der Waals surface area (Å²) in [5, 5.41) is 6.81. The largest absolute Gasteiger partial charge is 0.493 e. The Labute approximate surface area is 185 Å². The van der Waals surface area contributed by atoms with Gasteiger partial charge in [-0.3, -0.25) is 4.79 Å². The number of hydrogen-bond acceptors (Lipinski definition) is 8. The molecule has 0 atom stereocenters. The summed E-state index contributed by atoms with van der Waals surface area (Å²) in [6, 6.07) is 11.2. The Morgan fingerprint density at radius 2 is 1.84 bits per heavy atom. The monoisotopic (exact) mass is 432 g/mol. The van der Waals surface area contributed by atoms with Gasteiger partial charge in [-0.15, -0.1) is 0 Å². The number of fused-ring (bicyclic) bond motifs is 1. The second-order valence-electron chi connectivity index (χ2n) is 7.10. The minimum atomic E-state index is -0.177. The molecule has 1 aromatic carbocycles. The van der Waals surface area contributed by atoms with E-state index in [1.54, 1.807) is 33.5 Å². The predicted molar refractivity (Wildman–Crippen MR) is 124 cm³/mol. The standard InChI is InChI=1S/C23H24N6O3/c1-24-21-15(6-5-9-25-21)12-26-22-20-17(27-13-29(2)23(20)30)11-16(28-22)14-7-8-18(31-3)19(10-14)32-4/h5-11,13H,12H2,1-4H3,(H,24,25)(H,26,28). The number of nitrogens with one attached hydrogen (secondary N) is 2. The molecule has 0 aliphatic rings. The van der Waals surface area contributed by atoms with Crippen molar-refractivity contribution in [1.29, 1.82) is 0 Å². The third-order valence-electron chi connectivity index (χ3n) is 5.16. The number of nitrogens with zero attached hydrogens (tertiary/aromatic N) is 4. The van der Waals surface area contributed by atoms with Crippen LogP contribution in [-0.2, 0) is 13.6 Å². The van der Waals surface area contributed by atoms with Gasteiger partial charge < -0.3 is 24.7 Å². The van der Waals surface area contributed by atoms with Crippen LogP contribution < -0.4 is 25.7 Å². The zero-order chi connectivity index (χ0) is 22.7. The van der Waals surface area contributed by atoms with Crippen LogP contribution in [0.2, 0.25) is 0 Å². The summed E-state index contributed by atoms with van der Waals surface area (Å²) in [5.41, 5.74) is 2.79. The first-order valence-corrected chi connectivity index (χ1v) is 10.00. The Kier molecular flexibility index (Phi) is 5.89. The first kappa shape index (κ1) is 21.1. The summed E-state index contributed by atoms with van der Waals surface area (Å²) in [4.78, 5) is 26.5. The molecule has 2 N–H and O–H groups in total. The lowest BCUT2D eigenvalue weighted by Crippen LogP contribution is -2.19. The summed E-state index contributed by atoms with van der Waals surface area (Å²) < 4.78 is 12.2. The van der Waals surface area contributed by atoms with E-state index in [0.717, 1.165) is 16.9 Å². The van der Waals surface area contributed by atoms with Gasteiger partial charge in [-0.25, -0.2) is 15.0 Å². The quantitative estimate of drug-likeness (QED) is 0.459. The van der Waals surface area contributed by atoms with E-state index < -0.39 is 0 Å². The summed E-state index contributed by atoms with van der Waals surface area (Å²) in [5.74, 6) is 2.42. The molecule has 3 heterocycles. The maximum absolute atomic E-state index is 12.9. The molecule has 4 rings (SSSR count). The lowest BCUT2D eigenvalue weighted by molar-refractivity contribution is 0.355. The Hall–Kier alpha value is -4.14. The van der Waals surface area contributed by atoms with Gasteiger partial charge in [0, 0.05) is 38.0 Å². The van der Waals surface area contributed by atoms with Crippen LogP contribution in [0.15, 0.2) is 53.7 Å². The number of methoxy groups -OCH3 is 2. The molecule has 0 saturated heterocycles. The van der Waals surface area contributed by atoms with Crippen molar-refractivity contribution >= 4 is 22.5 Å². The first-order valence-electron chi connectivity index (χ1n) is 10.00. The summed E-state index contributed by atoms with van der Waals surface area (Å²) in [7, 11) is 6.66. The zero-order valence-corrected chi connectivity index (χ0v) is 18.3. The first-order chi connectivity index (χ1) is 15.5. The van der Waals surface area contributed by atoms with E-state index in [1.165, 1.54) is 10.9 Å². The maximum atomic E-state index is 12.9. The average Bonchev–Trinajstić information content (AvgIpc) is 2.84. The second kappa shape index (κ2) is 8.93. The van der Waals surface area contributed by atoms with Crippen molar-refractivity contribution in [2.24, 2.45) is 7.05 Å². The molecule has 0 saturated carbocycles. The molecule has 0 aliphatic carbocycles. The van der Waals surface area contributed by atoms with E-state index in [4.69, 9.17) is 14.5 Å². The van der Waals surface area contributed by atoms with Crippen molar-refractivity contribution in [1.82, 2.24) is 19.5 Å². The van der Waals surface area contributed by atoms with Gasteiger partial charge in [-0.2, -0.15) is 0 Å². The number of ether oxygens (including phenoxy) is 2. The van der Waals surface area contributed by atoms with E-state index in [0.29, 0.717) is 40.5 Å². The van der Waals surface area contributed by atoms with Crippen LogP contribution in [0.3, 0.4) is 0 Å². The minimum absolute atomic E-state index is 0.177. The smallest absolute Gasteiger partial charge is 0.264 e. The molecule has 0 bridgehead atoms. The molecule has 3 aromatic heterocycles. The van der Waals surface area contributed by atoms with Crippen LogP contribution in [0.1, 0.15) is 5.56 Å². The molecule has 0 amide bonds. The molecule has 0 spiro atoms. The molecule has 0 aliphatic heterocycles. The predicted octanol–water partition coefficient (Wildman–Crippen LogP) is 3.06. The topological polar surface area (TPSA) is 103 Å². The van der Waals surface area contributed by atoms with Gasteiger partial charge in [0.15, 0.2) is 11.5 Å². The van der Waals surface area contributed by atoms with Gasteiger partial charge in [0.25, 0.3) is 5.56 Å². The van der Waals surface area contributed by atoms with Crippen LogP contribution in [-0.4, -0.2) is 40.8 Å². The van der Waals surface area contributed by atoms with Crippen molar-refractivity contribution < 1.29 is 9.47 Å². The van der Waals surface area contributed by atoms with Gasteiger partial charge in [0.05, 0.1) is 31.8 Å². The molecular weight excluding hydrogens is 408 g/mol. The second-order valence-corrected chi connectivity index (χ2v) is 7.10. The van der Waals surface area contributed by atoms with E-state index in [2.05, 4.69) is 20.6 Å². The highest BCUT2D eigenvalue weighted by Crippen LogP contribution is 2.33. The van der Waals surface area contributed by atoms with Crippen molar-refractivity contribution in [3.05, 3.63) is 64.8 Å². The molecular formula is C23H24N6O3. The maximum Gasteiger partial charge on any atom is 0.264 e. The molecule has 9 nitrogen and oxygen atoms in total. The average molecular weight is 432 g/mol. The highest BCUT2D eigenvalue weighted by molar-refractivity contribution is 5.91. The molecule has 0 unspecified atom stereocenters. The van der Waals surface area contributed by atoms with Crippen molar-refractivity contribution in [3.63, 3.8) is 0 Å². The van der Waals surface area contributed by atoms with Crippen molar-refractivity contribution in [2.75, 3.05) is 31.9 Å². The Balaban J connectivity index is 1.83. The van der Waals surface area contributed by atoms with E-state index in [1.807, 2.05) is 37.4 Å². The number of rotatable bonds is 7. The van der Waals surface area contributed by atoms with Crippen LogP contribution in [0.4, 0.5) is 11.6 Å². The molecule has 32 heavy (non-hydrogen) atoms. The van der Waals surface area contributed by atoms with Crippen molar-refractivity contribution in [2.45, 2.75) is 6.54 Å². The highest BCUT2D eigenvalue weighted by atomic mass is 16.5. The van der Waals surface area contributed by atoms with Crippen LogP contribution in [0.5, 0.6) is 11.5 Å². The summed E-state index contributed by atoms with van der Waals surface area (Å²) >= 11 is 0. The number of aromatic nitrogens is 4. The molecule has 0 fully saturated rings. The normalized spacial score (nSPS) is 10.8. The number of pyridine rings is 2. The summed E-state index contributed by atoms with van der Waals surface area (Å²) in [6.07, 6.45) is 3.23. The third-order valence-corrected chi connectivity index (χ3v) is 5.16.